The molecule has 0 bridgehead atoms. The summed E-state index contributed by atoms with van der Waals surface area (Å²) in [6, 6.07) is 12.7. The minimum absolute atomic E-state index is 0.00672. The third-order valence-corrected chi connectivity index (χ3v) is 6.03. The molecule has 2 aromatic heterocycles. The van der Waals surface area contributed by atoms with E-state index in [4.69, 9.17) is 0 Å². The van der Waals surface area contributed by atoms with Crippen LogP contribution in [0.2, 0.25) is 0 Å². The lowest BCUT2D eigenvalue weighted by molar-refractivity contribution is 0.169. The van der Waals surface area contributed by atoms with Gasteiger partial charge in [0.1, 0.15) is 10.5 Å². The quantitative estimate of drug-likeness (QED) is 0.758. The molecule has 0 radical (unpaired) electrons. The zero-order chi connectivity index (χ0) is 17.1. The second kappa shape index (κ2) is 7.50. The Balaban J connectivity index is 1.30. The minimum atomic E-state index is -0.00672. The van der Waals surface area contributed by atoms with Gasteiger partial charge in [0.05, 0.1) is 12.1 Å². The highest BCUT2D eigenvalue weighted by Gasteiger charge is 2.20. The number of rotatable bonds is 5. The molecule has 1 aliphatic rings. The van der Waals surface area contributed by atoms with Crippen LogP contribution >= 0.6 is 11.3 Å². The number of fused-ring (bicyclic) bond motifs is 1. The van der Waals surface area contributed by atoms with Crippen LogP contribution in [0.1, 0.15) is 30.7 Å². The number of likely N-dealkylation sites (tertiary alicyclic amines) is 1. The molecule has 130 valence electrons. The normalized spacial score (nSPS) is 16.5. The number of aromatic nitrogens is 2. The molecule has 3 heterocycles. The summed E-state index contributed by atoms with van der Waals surface area (Å²) >= 11 is 1.45. The molecule has 0 aliphatic carbocycles. The third-order valence-electron chi connectivity index (χ3n) is 5.13. The summed E-state index contributed by atoms with van der Waals surface area (Å²) in [5.74, 6) is 1.60. The first-order valence-corrected chi connectivity index (χ1v) is 9.88. The number of hydrogen-bond acceptors (Lipinski definition) is 4. The van der Waals surface area contributed by atoms with Gasteiger partial charge in [0.25, 0.3) is 5.56 Å². The minimum Gasteiger partial charge on any atom is -0.308 e. The van der Waals surface area contributed by atoms with E-state index in [9.17, 15) is 4.79 Å². The highest BCUT2D eigenvalue weighted by atomic mass is 32.1. The Morgan fingerprint density at radius 2 is 1.96 bits per heavy atom. The van der Waals surface area contributed by atoms with Gasteiger partial charge in [-0.25, -0.2) is 4.98 Å². The van der Waals surface area contributed by atoms with E-state index in [1.54, 1.807) is 0 Å². The van der Waals surface area contributed by atoms with Crippen LogP contribution in [-0.2, 0) is 13.0 Å². The highest BCUT2D eigenvalue weighted by molar-refractivity contribution is 7.17. The lowest BCUT2D eigenvalue weighted by atomic mass is 9.90. The van der Waals surface area contributed by atoms with Crippen LogP contribution in [0.15, 0.2) is 46.6 Å². The van der Waals surface area contributed by atoms with E-state index in [2.05, 4.69) is 45.2 Å². The number of hydrogen-bond donors (Lipinski definition) is 1. The van der Waals surface area contributed by atoms with E-state index in [0.29, 0.717) is 0 Å². The van der Waals surface area contributed by atoms with Gasteiger partial charge in [-0.3, -0.25) is 9.69 Å². The van der Waals surface area contributed by atoms with Crippen molar-refractivity contribution < 1.29 is 0 Å². The molecule has 0 atom stereocenters. The van der Waals surface area contributed by atoms with Gasteiger partial charge in [0, 0.05) is 0 Å². The number of nitrogens with zero attached hydrogens (tertiary/aromatic N) is 2. The molecule has 1 saturated heterocycles. The number of benzene rings is 1. The van der Waals surface area contributed by atoms with Gasteiger partial charge in [-0.1, -0.05) is 30.3 Å². The molecule has 4 nitrogen and oxygen atoms in total. The Hall–Kier alpha value is -1.98. The van der Waals surface area contributed by atoms with Gasteiger partial charge in [-0.05, 0) is 61.7 Å². The fourth-order valence-corrected chi connectivity index (χ4v) is 4.38. The first kappa shape index (κ1) is 16.5. The van der Waals surface area contributed by atoms with Crippen LogP contribution < -0.4 is 5.56 Å². The average molecular weight is 353 g/mol. The van der Waals surface area contributed by atoms with Crippen molar-refractivity contribution in [2.75, 3.05) is 13.1 Å². The summed E-state index contributed by atoms with van der Waals surface area (Å²) in [7, 11) is 0. The Morgan fingerprint density at radius 3 is 2.76 bits per heavy atom. The second-order valence-electron chi connectivity index (χ2n) is 6.89. The number of aromatic amines is 1. The third kappa shape index (κ3) is 3.99. The molecule has 25 heavy (non-hydrogen) atoms. The number of nitrogens with one attached hydrogen (secondary N) is 1. The van der Waals surface area contributed by atoms with Crippen LogP contribution in [0.3, 0.4) is 0 Å². The maximum atomic E-state index is 12.1. The first-order valence-electron chi connectivity index (χ1n) is 9.00. The van der Waals surface area contributed by atoms with Crippen molar-refractivity contribution in [2.45, 2.75) is 32.2 Å². The molecule has 0 spiro atoms. The largest absolute Gasteiger partial charge is 0.308 e. The monoisotopic (exact) mass is 353 g/mol. The zero-order valence-corrected chi connectivity index (χ0v) is 15.1. The van der Waals surface area contributed by atoms with Crippen molar-refractivity contribution >= 4 is 21.6 Å². The second-order valence-corrected chi connectivity index (χ2v) is 7.81. The first-order chi connectivity index (χ1) is 12.3. The predicted molar refractivity (Wildman–Crippen MR) is 103 cm³/mol. The molecule has 1 N–H and O–H groups in total. The van der Waals surface area contributed by atoms with Gasteiger partial charge in [0.15, 0.2) is 0 Å². The molecule has 4 rings (SSSR count). The molecule has 0 amide bonds. The van der Waals surface area contributed by atoms with Crippen LogP contribution in [-0.4, -0.2) is 28.0 Å². The van der Waals surface area contributed by atoms with Gasteiger partial charge < -0.3 is 4.98 Å². The van der Waals surface area contributed by atoms with Crippen molar-refractivity contribution in [3.8, 4) is 0 Å². The Bertz CT molecular complexity index is 879. The summed E-state index contributed by atoms with van der Waals surface area (Å²) < 4.78 is 0.725. The molecule has 3 aromatic rings. The van der Waals surface area contributed by atoms with E-state index < -0.39 is 0 Å². The Kier molecular flexibility index (Phi) is 4.95. The van der Waals surface area contributed by atoms with E-state index in [-0.39, 0.29) is 5.56 Å². The van der Waals surface area contributed by atoms with Gasteiger partial charge in [0.2, 0.25) is 0 Å². The summed E-state index contributed by atoms with van der Waals surface area (Å²) in [5.41, 5.74) is 2.25. The van der Waals surface area contributed by atoms with Crippen LogP contribution in [0, 0.1) is 5.92 Å². The number of piperidine rings is 1. The SMILES string of the molecule is O=c1[nH]c(CN2CCC(CCc3ccccc3)CC2)nc2ccsc12. The molecule has 1 fully saturated rings. The van der Waals surface area contributed by atoms with Crippen molar-refractivity contribution in [3.05, 3.63) is 63.5 Å². The molecular weight excluding hydrogens is 330 g/mol. The summed E-state index contributed by atoms with van der Waals surface area (Å²) in [5, 5.41) is 1.93. The van der Waals surface area contributed by atoms with E-state index in [1.165, 1.54) is 42.6 Å². The molecule has 1 aromatic carbocycles. The number of aryl methyl sites for hydroxylation is 1. The van der Waals surface area contributed by atoms with Gasteiger partial charge in [-0.15, -0.1) is 11.3 Å². The van der Waals surface area contributed by atoms with Crippen molar-refractivity contribution in [1.82, 2.24) is 14.9 Å². The van der Waals surface area contributed by atoms with Crippen LogP contribution in [0.25, 0.3) is 10.2 Å². The van der Waals surface area contributed by atoms with Crippen LogP contribution in [0.4, 0.5) is 0 Å². The predicted octanol–water partition coefficient (Wildman–Crippen LogP) is 3.83. The molecule has 5 heteroatoms. The molecule has 1 aliphatic heterocycles. The Morgan fingerprint density at radius 1 is 1.16 bits per heavy atom. The van der Waals surface area contributed by atoms with E-state index in [0.717, 1.165) is 41.6 Å². The maximum Gasteiger partial charge on any atom is 0.268 e. The Labute approximate surface area is 151 Å². The lowest BCUT2D eigenvalue weighted by Gasteiger charge is -2.31. The van der Waals surface area contributed by atoms with Crippen molar-refractivity contribution in [1.29, 1.82) is 0 Å². The van der Waals surface area contributed by atoms with Gasteiger partial charge >= 0.3 is 0 Å². The standard InChI is InChI=1S/C20H23N3OS/c24-20-19-17(10-13-25-19)21-18(22-20)14-23-11-8-16(9-12-23)7-6-15-4-2-1-3-5-15/h1-5,10,13,16H,6-9,11-12,14H2,(H,21,22,24). The fourth-order valence-electron chi connectivity index (χ4n) is 3.66. The van der Waals surface area contributed by atoms with E-state index >= 15 is 0 Å². The molecule has 0 saturated carbocycles. The average Bonchev–Trinajstić information content (AvgIpc) is 3.11. The summed E-state index contributed by atoms with van der Waals surface area (Å²) in [6.07, 6.45) is 4.92. The van der Waals surface area contributed by atoms with Crippen molar-refractivity contribution in [2.24, 2.45) is 5.92 Å². The number of thiophene rings is 1. The zero-order valence-electron chi connectivity index (χ0n) is 14.3. The topological polar surface area (TPSA) is 49.0 Å². The van der Waals surface area contributed by atoms with Gasteiger partial charge in [-0.2, -0.15) is 0 Å². The lowest BCUT2D eigenvalue weighted by Crippen LogP contribution is -2.34. The highest BCUT2D eigenvalue weighted by Crippen LogP contribution is 2.23. The summed E-state index contributed by atoms with van der Waals surface area (Å²) in [4.78, 5) is 22.0. The summed E-state index contributed by atoms with van der Waals surface area (Å²) in [6.45, 7) is 2.92. The van der Waals surface area contributed by atoms with E-state index in [1.807, 2.05) is 11.4 Å². The fraction of sp³-hybridized carbons (Fsp3) is 0.400. The van der Waals surface area contributed by atoms with Crippen LogP contribution in [0.5, 0.6) is 0 Å². The molecular formula is C20H23N3OS. The maximum absolute atomic E-state index is 12.1. The number of H-pyrrole nitrogens is 1. The smallest absolute Gasteiger partial charge is 0.268 e. The molecule has 0 unspecified atom stereocenters. The van der Waals surface area contributed by atoms with Crippen molar-refractivity contribution in [3.63, 3.8) is 0 Å².